The Labute approximate surface area is 292 Å². The summed E-state index contributed by atoms with van der Waals surface area (Å²) < 4.78 is 182. The molecule has 0 N–H and O–H groups in total. The summed E-state index contributed by atoms with van der Waals surface area (Å²) in [6, 6.07) is -2.56. The second kappa shape index (κ2) is 9.28. The number of ether oxygens (including phenoxy) is 1. The van der Waals surface area contributed by atoms with Gasteiger partial charge in [0.2, 0.25) is 0 Å². The zero-order chi connectivity index (χ0) is 46.1. The van der Waals surface area contributed by atoms with Crippen LogP contribution in [0.25, 0.3) is 53.6 Å². The number of para-hydroxylation sites is 1. The van der Waals surface area contributed by atoms with Gasteiger partial charge in [-0.1, -0.05) is 133 Å². The zero-order valence-electron chi connectivity index (χ0n) is 41.9. The van der Waals surface area contributed by atoms with Gasteiger partial charge in [0.25, 0.3) is 0 Å². The number of benzene rings is 7. The molecule has 210 valence electrons. The molecule has 1 aromatic heterocycles. The van der Waals surface area contributed by atoms with Crippen LogP contribution < -0.4 is 4.74 Å². The Morgan fingerprint density at radius 1 is 0.489 bits per heavy atom. The summed E-state index contributed by atoms with van der Waals surface area (Å²) >= 11 is 1.44. The Kier molecular flexibility index (Phi) is 2.66. The van der Waals surface area contributed by atoms with Crippen LogP contribution in [-0.2, 0) is 5.41 Å². The molecule has 45 heavy (non-hydrogen) atoms. The third-order valence-corrected chi connectivity index (χ3v) is 9.51. The van der Waals surface area contributed by atoms with Gasteiger partial charge >= 0.3 is 0 Å². The van der Waals surface area contributed by atoms with Crippen molar-refractivity contribution in [2.45, 2.75) is 5.41 Å². The van der Waals surface area contributed by atoms with Crippen molar-refractivity contribution < 1.29 is 30.8 Å². The molecule has 8 aromatic rings. The minimum atomic E-state index is -2.71. The van der Waals surface area contributed by atoms with E-state index in [1.54, 1.807) is 12.1 Å². The first-order valence-corrected chi connectivity index (χ1v) is 14.7. The molecule has 0 radical (unpaired) electrons. The molecule has 0 saturated heterocycles. The Morgan fingerprint density at radius 3 is 1.91 bits per heavy atom. The van der Waals surface area contributed by atoms with Crippen molar-refractivity contribution in [1.82, 2.24) is 0 Å². The quantitative estimate of drug-likeness (QED) is 0.189. The van der Waals surface area contributed by atoms with Crippen LogP contribution in [0.15, 0.2) is 157 Å². The van der Waals surface area contributed by atoms with E-state index in [2.05, 4.69) is 0 Å². The van der Waals surface area contributed by atoms with E-state index in [-0.39, 0.29) is 11.1 Å². The standard InChI is InChI=1S/C43H26OS/c1-2-13-29(32-17-11-23-41-42(32)33-16-5-10-22-40(33)45-41)28(12-1)27-24-25-37-39(26-27)44-38-21-9-8-20-36(38)43(37)34-18-6-3-14-30(34)31-15-4-7-19-35(31)43/h1-26H/i1D,2D,3D,4D,6D,7D,8D,9D,12D,13D,14D,15D,18D,19D,20D,21D,24D,25D,26D. The normalized spacial score (nSPS) is 19.6. The minimum Gasteiger partial charge on any atom is -0.457 e. The van der Waals surface area contributed by atoms with Crippen molar-refractivity contribution >= 4 is 31.5 Å². The highest BCUT2D eigenvalue weighted by Gasteiger charge is 2.50. The average molecular weight is 610 g/mol. The Hall–Kier alpha value is -5.44. The van der Waals surface area contributed by atoms with Gasteiger partial charge in [0.15, 0.2) is 0 Å². The van der Waals surface area contributed by atoms with Gasteiger partial charge in [-0.3, -0.25) is 0 Å². The first kappa shape index (κ1) is 12.9. The lowest BCUT2D eigenvalue weighted by Gasteiger charge is -2.39. The fraction of sp³-hybridized carbons (Fsp3) is 0.0233. The molecule has 0 fully saturated rings. The maximum Gasteiger partial charge on any atom is 0.132 e. The van der Waals surface area contributed by atoms with Gasteiger partial charge < -0.3 is 4.74 Å². The van der Waals surface area contributed by atoms with Gasteiger partial charge in [0, 0.05) is 31.3 Å². The lowest BCUT2D eigenvalue weighted by atomic mass is 9.66. The second-order valence-electron chi connectivity index (χ2n) is 10.5. The molecule has 7 aromatic carbocycles. The molecule has 1 aliphatic heterocycles. The van der Waals surface area contributed by atoms with Crippen molar-refractivity contribution in [2.75, 3.05) is 0 Å². The molecule has 2 aliphatic rings. The lowest BCUT2D eigenvalue weighted by Crippen LogP contribution is -2.32. The summed E-state index contributed by atoms with van der Waals surface area (Å²) in [5, 5.41) is 1.36. The second-order valence-corrected chi connectivity index (χ2v) is 11.6. The van der Waals surface area contributed by atoms with Gasteiger partial charge in [-0.25, -0.2) is 0 Å². The number of rotatable bonds is 2. The maximum atomic E-state index is 9.96. The van der Waals surface area contributed by atoms with Gasteiger partial charge in [-0.15, -0.1) is 11.3 Å². The van der Waals surface area contributed by atoms with Crippen molar-refractivity contribution in [1.29, 1.82) is 0 Å². The first-order valence-electron chi connectivity index (χ1n) is 23.4. The summed E-state index contributed by atoms with van der Waals surface area (Å²) in [7, 11) is 0. The van der Waals surface area contributed by atoms with E-state index in [1.165, 1.54) is 11.3 Å². The number of hydrogen-bond donors (Lipinski definition) is 0. The maximum absolute atomic E-state index is 9.96. The predicted molar refractivity (Wildman–Crippen MR) is 188 cm³/mol. The predicted octanol–water partition coefficient (Wildman–Crippen LogP) is 11.9. The van der Waals surface area contributed by atoms with E-state index in [4.69, 9.17) is 19.8 Å². The first-order chi connectivity index (χ1) is 30.2. The van der Waals surface area contributed by atoms with Gasteiger partial charge in [0.05, 0.1) is 31.5 Å². The van der Waals surface area contributed by atoms with Crippen molar-refractivity contribution in [2.24, 2.45) is 0 Å². The number of fused-ring (bicyclic) bond motifs is 12. The van der Waals surface area contributed by atoms with Crippen LogP contribution in [0.4, 0.5) is 0 Å². The topological polar surface area (TPSA) is 9.23 Å². The monoisotopic (exact) mass is 609 g/mol. The van der Waals surface area contributed by atoms with E-state index >= 15 is 0 Å². The fourth-order valence-corrected chi connectivity index (χ4v) is 7.73. The molecule has 2 heterocycles. The van der Waals surface area contributed by atoms with Crippen LogP contribution in [0, 0.1) is 0 Å². The average Bonchev–Trinajstić information content (AvgIpc) is 3.82. The Morgan fingerprint density at radius 2 is 1.11 bits per heavy atom. The molecule has 1 aliphatic carbocycles. The highest BCUT2D eigenvalue weighted by molar-refractivity contribution is 7.25. The number of hydrogen-bond acceptors (Lipinski definition) is 2. The van der Waals surface area contributed by atoms with Gasteiger partial charge in [0.1, 0.15) is 11.5 Å². The third-order valence-electron chi connectivity index (χ3n) is 8.37. The SMILES string of the molecule is [2H]c1c([2H])c([2H])c2c(c1[2H])Oc1c([2H])c(-c3c([2H])c([2H])c([2H])c([2H])c3-c3cccc4sc5ccccc5c34)c([2H])c([2H])c1C21c2c([2H])c([2H])c([2H])c([2H])c2-c2c([2H])c([2H])c([2H])c([2H])c21. The summed E-state index contributed by atoms with van der Waals surface area (Å²) in [6.45, 7) is 0. The summed E-state index contributed by atoms with van der Waals surface area (Å²) in [5.74, 6) is -1.43. The zero-order valence-corrected chi connectivity index (χ0v) is 23.7. The molecule has 1 nitrogen and oxygen atoms in total. The van der Waals surface area contributed by atoms with Crippen LogP contribution in [0.3, 0.4) is 0 Å². The van der Waals surface area contributed by atoms with Gasteiger partial charge in [-0.2, -0.15) is 0 Å². The molecule has 0 atom stereocenters. The fourth-order valence-electron chi connectivity index (χ4n) is 6.60. The van der Waals surface area contributed by atoms with Crippen molar-refractivity contribution in [3.63, 3.8) is 0 Å². The minimum absolute atomic E-state index is 0.130. The summed E-state index contributed by atoms with van der Waals surface area (Å²) in [4.78, 5) is 0. The highest BCUT2D eigenvalue weighted by atomic mass is 32.1. The van der Waals surface area contributed by atoms with Crippen LogP contribution in [0.1, 0.15) is 48.3 Å². The smallest absolute Gasteiger partial charge is 0.132 e. The molecular weight excluding hydrogens is 565 g/mol. The lowest BCUT2D eigenvalue weighted by molar-refractivity contribution is 0.436. The van der Waals surface area contributed by atoms with Crippen molar-refractivity contribution in [3.05, 3.63) is 180 Å². The van der Waals surface area contributed by atoms with E-state index < -0.39 is 171 Å². The Balaban J connectivity index is 1.45. The third kappa shape index (κ3) is 3.32. The van der Waals surface area contributed by atoms with E-state index in [0.29, 0.717) is 10.9 Å². The summed E-state index contributed by atoms with van der Waals surface area (Å²) in [5.41, 5.74) is -6.67. The highest BCUT2D eigenvalue weighted by Crippen LogP contribution is 2.62. The van der Waals surface area contributed by atoms with Crippen LogP contribution in [0.5, 0.6) is 11.5 Å². The molecule has 0 bridgehead atoms. The van der Waals surface area contributed by atoms with Gasteiger partial charge in [-0.05, 0) is 68.7 Å². The van der Waals surface area contributed by atoms with Crippen LogP contribution in [-0.4, -0.2) is 0 Å². The number of thiophene rings is 1. The molecular formula is C43H26OS. The van der Waals surface area contributed by atoms with E-state index in [0.717, 1.165) is 14.8 Å². The van der Waals surface area contributed by atoms with Crippen LogP contribution in [0.2, 0.25) is 0 Å². The molecule has 2 heteroatoms. The largest absolute Gasteiger partial charge is 0.457 e. The van der Waals surface area contributed by atoms with Crippen molar-refractivity contribution in [3.8, 4) is 44.9 Å². The van der Waals surface area contributed by atoms with E-state index in [9.17, 15) is 11.0 Å². The van der Waals surface area contributed by atoms with E-state index in [1.807, 2.05) is 30.3 Å². The molecule has 0 amide bonds. The van der Waals surface area contributed by atoms with Crippen LogP contribution >= 0.6 is 11.3 Å². The summed E-state index contributed by atoms with van der Waals surface area (Å²) in [6.07, 6.45) is 0. The molecule has 1 spiro atoms. The molecule has 0 saturated carbocycles. The molecule has 0 unspecified atom stereocenters. The Bertz CT molecular complexity index is 3470. The molecule has 10 rings (SSSR count).